The van der Waals surface area contributed by atoms with Crippen molar-refractivity contribution >= 4 is 17.9 Å². The maximum Gasteiger partial charge on any atom is 0.361 e. The molecule has 0 saturated carbocycles. The van der Waals surface area contributed by atoms with Crippen molar-refractivity contribution in [2.75, 3.05) is 47.5 Å². The fourth-order valence-electron chi connectivity index (χ4n) is 8.49. The van der Waals surface area contributed by atoms with E-state index in [0.717, 1.165) is 57.8 Å². The largest absolute Gasteiger partial charge is 0.477 e. The summed E-state index contributed by atoms with van der Waals surface area (Å²) in [6.07, 6.45) is 63.7. The van der Waals surface area contributed by atoms with Crippen LogP contribution in [0.25, 0.3) is 0 Å². The number of nitrogens with zero attached hydrogens (tertiary/aromatic N) is 1. The highest BCUT2D eigenvalue weighted by atomic mass is 16.7. The van der Waals surface area contributed by atoms with Crippen molar-refractivity contribution in [2.24, 2.45) is 0 Å². The van der Waals surface area contributed by atoms with Crippen molar-refractivity contribution in [2.45, 2.75) is 283 Å². The Balaban J connectivity index is 4.02. The van der Waals surface area contributed by atoms with Crippen LogP contribution in [0.15, 0.2) is 48.6 Å². The van der Waals surface area contributed by atoms with E-state index in [9.17, 15) is 19.5 Å². The molecular formula is C62H114NO8+. The number of carboxylic acid groups (broad SMARTS) is 1. The van der Waals surface area contributed by atoms with Gasteiger partial charge in [0.2, 0.25) is 0 Å². The summed E-state index contributed by atoms with van der Waals surface area (Å²) in [5.74, 6) is -2.04. The molecule has 0 aromatic heterocycles. The fraction of sp³-hybridized carbons (Fsp3) is 0.823. The van der Waals surface area contributed by atoms with E-state index >= 15 is 0 Å². The number of aliphatic carboxylic acids is 1. The number of allylic oxidation sites excluding steroid dienone is 8. The third-order valence-corrected chi connectivity index (χ3v) is 13.1. The van der Waals surface area contributed by atoms with Crippen molar-refractivity contribution in [1.29, 1.82) is 0 Å². The molecule has 0 saturated heterocycles. The maximum absolute atomic E-state index is 12.8. The predicted octanol–water partition coefficient (Wildman–Crippen LogP) is 17.5. The number of carbonyl (C=O) groups is 3. The van der Waals surface area contributed by atoms with E-state index in [2.05, 4.69) is 62.5 Å². The summed E-state index contributed by atoms with van der Waals surface area (Å²) in [6, 6.07) is 0. The molecule has 0 heterocycles. The predicted molar refractivity (Wildman–Crippen MR) is 300 cm³/mol. The van der Waals surface area contributed by atoms with Gasteiger partial charge in [-0.05, 0) is 70.6 Å². The van der Waals surface area contributed by atoms with E-state index < -0.39 is 24.3 Å². The first-order chi connectivity index (χ1) is 34.6. The molecule has 0 aromatic carbocycles. The molecule has 414 valence electrons. The molecule has 0 radical (unpaired) electrons. The molecule has 0 aromatic rings. The van der Waals surface area contributed by atoms with Gasteiger partial charge in [-0.2, -0.15) is 0 Å². The summed E-state index contributed by atoms with van der Waals surface area (Å²) in [5.41, 5.74) is 0. The number of carboxylic acids is 1. The second kappa shape index (κ2) is 53.5. The molecule has 0 bridgehead atoms. The van der Waals surface area contributed by atoms with Crippen molar-refractivity contribution in [3.63, 3.8) is 0 Å². The Kier molecular flexibility index (Phi) is 51.5. The van der Waals surface area contributed by atoms with Gasteiger partial charge in [0.1, 0.15) is 13.2 Å². The summed E-state index contributed by atoms with van der Waals surface area (Å²) in [6.45, 7) is 4.75. The molecule has 71 heavy (non-hydrogen) atoms. The number of ether oxygens (including phenoxy) is 4. The summed E-state index contributed by atoms with van der Waals surface area (Å²) in [4.78, 5) is 37.3. The minimum atomic E-state index is -1.52. The lowest BCUT2D eigenvalue weighted by Gasteiger charge is -2.25. The lowest BCUT2D eigenvalue weighted by Crippen LogP contribution is -2.40. The molecule has 0 aliphatic carbocycles. The van der Waals surface area contributed by atoms with E-state index in [1.807, 2.05) is 21.1 Å². The summed E-state index contributed by atoms with van der Waals surface area (Å²) in [5, 5.41) is 9.67. The lowest BCUT2D eigenvalue weighted by atomic mass is 10.0. The molecule has 1 N–H and O–H groups in total. The normalized spacial score (nSPS) is 13.1. The van der Waals surface area contributed by atoms with Crippen LogP contribution in [-0.4, -0.2) is 87.4 Å². The van der Waals surface area contributed by atoms with Gasteiger partial charge in [0.15, 0.2) is 6.10 Å². The molecular weight excluding hydrogens is 887 g/mol. The number of hydrogen-bond donors (Lipinski definition) is 1. The first kappa shape index (κ1) is 68.2. The van der Waals surface area contributed by atoms with Crippen LogP contribution in [0, 0.1) is 0 Å². The van der Waals surface area contributed by atoms with E-state index in [-0.39, 0.29) is 32.2 Å². The Morgan fingerprint density at radius 1 is 0.437 bits per heavy atom. The van der Waals surface area contributed by atoms with Gasteiger partial charge in [-0.1, -0.05) is 236 Å². The van der Waals surface area contributed by atoms with Crippen LogP contribution in [0.4, 0.5) is 0 Å². The number of quaternary nitrogens is 1. The smallest absolute Gasteiger partial charge is 0.361 e. The van der Waals surface area contributed by atoms with Crippen molar-refractivity contribution in [3.05, 3.63) is 48.6 Å². The van der Waals surface area contributed by atoms with Gasteiger partial charge in [-0.15, -0.1) is 0 Å². The molecule has 9 heteroatoms. The number of likely N-dealkylation sites (N-methyl/N-ethyl adjacent to an activating group) is 1. The van der Waals surface area contributed by atoms with Crippen molar-refractivity contribution in [1.82, 2.24) is 0 Å². The molecule has 0 amide bonds. The molecule has 2 unspecified atom stereocenters. The van der Waals surface area contributed by atoms with Crippen LogP contribution in [0.2, 0.25) is 0 Å². The van der Waals surface area contributed by atoms with Crippen molar-refractivity contribution < 1.29 is 42.9 Å². The van der Waals surface area contributed by atoms with Crippen LogP contribution >= 0.6 is 0 Å². The second-order valence-electron chi connectivity index (χ2n) is 21.3. The topological polar surface area (TPSA) is 108 Å². The van der Waals surface area contributed by atoms with Gasteiger partial charge in [0.05, 0.1) is 34.4 Å². The monoisotopic (exact) mass is 1000 g/mol. The van der Waals surface area contributed by atoms with Gasteiger partial charge in [-0.3, -0.25) is 9.59 Å². The zero-order valence-corrected chi connectivity index (χ0v) is 47.1. The fourth-order valence-corrected chi connectivity index (χ4v) is 8.49. The highest BCUT2D eigenvalue weighted by molar-refractivity contribution is 5.71. The van der Waals surface area contributed by atoms with Gasteiger partial charge in [0.25, 0.3) is 6.29 Å². The summed E-state index contributed by atoms with van der Waals surface area (Å²) >= 11 is 0. The first-order valence-electron chi connectivity index (χ1n) is 29.8. The molecule has 0 aliphatic heterocycles. The SMILES string of the molecule is CC/C=C\C/C=C\C/C=C\CCCCCC(=O)OC(COC(=O)CCCCCCCCCCCCCCCCCCCCCCC/C=C\CCCCCCCCCC)COC(OCC[N+](C)(C)C)C(=O)O. The minimum Gasteiger partial charge on any atom is -0.477 e. The Bertz CT molecular complexity index is 1300. The van der Waals surface area contributed by atoms with E-state index in [0.29, 0.717) is 23.9 Å². The zero-order valence-electron chi connectivity index (χ0n) is 47.1. The Hall–Kier alpha value is -2.75. The third-order valence-electron chi connectivity index (χ3n) is 13.1. The molecule has 0 fully saturated rings. The number of unbranched alkanes of at least 4 members (excludes halogenated alkanes) is 32. The van der Waals surface area contributed by atoms with Crippen LogP contribution in [0.3, 0.4) is 0 Å². The van der Waals surface area contributed by atoms with Crippen molar-refractivity contribution in [3.8, 4) is 0 Å². The van der Waals surface area contributed by atoms with Gasteiger partial charge in [0, 0.05) is 12.8 Å². The van der Waals surface area contributed by atoms with E-state index in [1.165, 1.54) is 180 Å². The average Bonchev–Trinajstić information content (AvgIpc) is 3.34. The summed E-state index contributed by atoms with van der Waals surface area (Å²) in [7, 11) is 5.96. The second-order valence-corrected chi connectivity index (χ2v) is 21.3. The minimum absolute atomic E-state index is 0.182. The zero-order chi connectivity index (χ0) is 52.0. The van der Waals surface area contributed by atoms with Gasteiger partial charge >= 0.3 is 17.9 Å². The molecule has 0 rings (SSSR count). The third kappa shape index (κ3) is 54.9. The number of rotatable bonds is 55. The first-order valence-corrected chi connectivity index (χ1v) is 29.8. The Labute approximate surface area is 438 Å². The standard InChI is InChI=1S/C62H113NO8/c1-6-8-10-12-14-16-18-20-21-22-23-24-25-26-27-28-29-30-31-32-33-34-35-36-37-38-39-41-42-44-46-48-50-52-59(64)69-56-58(57-70-62(61(66)67)68-55-54-63(3,4)5)71-60(65)53-51-49-47-45-43-40-19-17-15-13-11-9-7-2/h9,11,15,17,22-23,40,43,58,62H,6-8,10,12-14,16,18-21,24-39,41-42,44-57H2,1-5H3/p+1/b11-9-,17-15-,23-22-,43-40-. The van der Waals surface area contributed by atoms with E-state index in [4.69, 9.17) is 18.9 Å². The van der Waals surface area contributed by atoms with Gasteiger partial charge in [-0.25, -0.2) is 4.79 Å². The lowest BCUT2D eigenvalue weighted by molar-refractivity contribution is -0.870. The summed E-state index contributed by atoms with van der Waals surface area (Å²) < 4.78 is 22.8. The van der Waals surface area contributed by atoms with Crippen LogP contribution in [0.5, 0.6) is 0 Å². The average molecular weight is 1000 g/mol. The molecule has 0 aliphatic rings. The highest BCUT2D eigenvalue weighted by Crippen LogP contribution is 2.17. The molecule has 2 atom stereocenters. The van der Waals surface area contributed by atoms with Crippen LogP contribution < -0.4 is 0 Å². The highest BCUT2D eigenvalue weighted by Gasteiger charge is 2.25. The van der Waals surface area contributed by atoms with Crippen LogP contribution in [-0.2, 0) is 33.3 Å². The molecule has 0 spiro atoms. The Morgan fingerprint density at radius 3 is 1.23 bits per heavy atom. The Morgan fingerprint density at radius 2 is 0.803 bits per heavy atom. The maximum atomic E-state index is 12.8. The molecule has 9 nitrogen and oxygen atoms in total. The number of hydrogen-bond acceptors (Lipinski definition) is 7. The number of esters is 2. The number of carbonyl (C=O) groups excluding carboxylic acids is 2. The quantitative estimate of drug-likeness (QED) is 0.0211. The van der Waals surface area contributed by atoms with Crippen LogP contribution in [0.1, 0.15) is 271 Å². The van der Waals surface area contributed by atoms with Gasteiger partial charge < -0.3 is 28.5 Å². The van der Waals surface area contributed by atoms with E-state index in [1.54, 1.807) is 0 Å².